The van der Waals surface area contributed by atoms with Crippen LogP contribution in [0, 0.1) is 0 Å². The van der Waals surface area contributed by atoms with Gasteiger partial charge >= 0.3 is 5.97 Å². The van der Waals surface area contributed by atoms with E-state index in [2.05, 4.69) is 6.58 Å². The fraction of sp³-hybridized carbons (Fsp3) is 0.333. The van der Waals surface area contributed by atoms with Crippen LogP contribution in [0.3, 0.4) is 0 Å². The zero-order valence-corrected chi connectivity index (χ0v) is 16.0. The summed E-state index contributed by atoms with van der Waals surface area (Å²) in [4.78, 5) is 24.2. The first kappa shape index (κ1) is 22.4. The van der Waals surface area contributed by atoms with Crippen molar-refractivity contribution in [1.82, 2.24) is 0 Å². The van der Waals surface area contributed by atoms with E-state index in [4.69, 9.17) is 15.2 Å². The first-order valence-corrected chi connectivity index (χ1v) is 9.15. The van der Waals surface area contributed by atoms with Crippen molar-refractivity contribution in [1.29, 1.82) is 0 Å². The molecule has 2 rings (SSSR count). The number of primary amides is 1. The summed E-state index contributed by atoms with van der Waals surface area (Å²) in [5.74, 6) is -1.69. The Balaban J connectivity index is 2.54. The summed E-state index contributed by atoms with van der Waals surface area (Å²) in [5.41, 5.74) is 6.96. The van der Waals surface area contributed by atoms with Crippen LogP contribution in [0.15, 0.2) is 65.1 Å². The highest BCUT2D eigenvalue weighted by atomic mass is 16.7. The van der Waals surface area contributed by atoms with Gasteiger partial charge in [0.2, 0.25) is 5.91 Å². The van der Waals surface area contributed by atoms with E-state index in [0.29, 0.717) is 16.7 Å². The number of ether oxygens (including phenoxy) is 2. The SMILES string of the molecule is C=C(C(N)=O)C1OC(OC(=O)c2ccccc2)=C(CCO)C(CCO)=C1CCO. The highest BCUT2D eigenvalue weighted by molar-refractivity contribution is 5.93. The minimum Gasteiger partial charge on any atom is -0.452 e. The van der Waals surface area contributed by atoms with Crippen molar-refractivity contribution < 1.29 is 34.4 Å². The van der Waals surface area contributed by atoms with E-state index in [0.717, 1.165) is 0 Å². The lowest BCUT2D eigenvalue weighted by molar-refractivity contribution is -0.115. The maximum atomic E-state index is 12.5. The number of amides is 1. The van der Waals surface area contributed by atoms with Gasteiger partial charge in [0.05, 0.1) is 11.1 Å². The molecule has 1 atom stereocenters. The first-order chi connectivity index (χ1) is 13.9. The van der Waals surface area contributed by atoms with Crippen molar-refractivity contribution in [3.63, 3.8) is 0 Å². The first-order valence-electron chi connectivity index (χ1n) is 9.15. The molecule has 0 spiro atoms. The summed E-state index contributed by atoms with van der Waals surface area (Å²) < 4.78 is 11.2. The second-order valence-electron chi connectivity index (χ2n) is 6.33. The van der Waals surface area contributed by atoms with Gasteiger partial charge in [-0.05, 0) is 36.1 Å². The van der Waals surface area contributed by atoms with Gasteiger partial charge in [-0.2, -0.15) is 0 Å². The monoisotopic (exact) mass is 403 g/mol. The molecule has 1 amide bonds. The van der Waals surface area contributed by atoms with Crippen LogP contribution in [0.4, 0.5) is 0 Å². The average molecular weight is 403 g/mol. The third-order valence-corrected chi connectivity index (χ3v) is 4.47. The molecule has 5 N–H and O–H groups in total. The number of benzene rings is 1. The second kappa shape index (κ2) is 10.6. The normalized spacial score (nSPS) is 16.4. The standard InChI is InChI=1S/C21H25NO7/c1-13(19(22)26)18-16(8-11-24)15(7-10-23)17(9-12-25)21(28-18)29-20(27)14-5-3-2-4-6-14/h2-6,18,23-25H,1,7-12H2,(H2,22,26). The molecule has 1 aliphatic rings. The Morgan fingerprint density at radius 3 is 2.14 bits per heavy atom. The van der Waals surface area contributed by atoms with Crippen molar-refractivity contribution in [2.75, 3.05) is 19.8 Å². The number of hydrogen-bond donors (Lipinski definition) is 4. The molecule has 1 aliphatic heterocycles. The highest BCUT2D eigenvalue weighted by Crippen LogP contribution is 2.38. The molecular formula is C21H25NO7. The average Bonchev–Trinajstić information content (AvgIpc) is 2.72. The Bertz CT molecular complexity index is 827. The Morgan fingerprint density at radius 2 is 1.59 bits per heavy atom. The van der Waals surface area contributed by atoms with E-state index >= 15 is 0 Å². The molecule has 0 radical (unpaired) electrons. The van der Waals surface area contributed by atoms with Crippen molar-refractivity contribution >= 4 is 11.9 Å². The van der Waals surface area contributed by atoms with Gasteiger partial charge in [-0.25, -0.2) is 4.79 Å². The van der Waals surface area contributed by atoms with Crippen molar-refractivity contribution in [2.24, 2.45) is 5.73 Å². The molecular weight excluding hydrogens is 378 g/mol. The van der Waals surface area contributed by atoms with Crippen LogP contribution in [0.25, 0.3) is 0 Å². The zero-order chi connectivity index (χ0) is 21.4. The van der Waals surface area contributed by atoms with Gasteiger partial charge < -0.3 is 30.5 Å². The van der Waals surface area contributed by atoms with E-state index in [1.807, 2.05) is 0 Å². The number of esters is 1. The zero-order valence-electron chi connectivity index (χ0n) is 16.0. The molecule has 0 saturated heterocycles. The predicted molar refractivity (Wildman–Crippen MR) is 104 cm³/mol. The third kappa shape index (κ3) is 5.32. The molecule has 1 aromatic rings. The summed E-state index contributed by atoms with van der Waals surface area (Å²) in [6, 6.07) is 8.24. The van der Waals surface area contributed by atoms with Crippen molar-refractivity contribution in [3.05, 3.63) is 70.7 Å². The molecule has 29 heavy (non-hydrogen) atoms. The molecule has 1 unspecified atom stereocenters. The molecule has 156 valence electrons. The van der Waals surface area contributed by atoms with Crippen LogP contribution in [-0.4, -0.2) is 53.1 Å². The second-order valence-corrected chi connectivity index (χ2v) is 6.33. The molecule has 8 nitrogen and oxygen atoms in total. The van der Waals surface area contributed by atoms with Crippen LogP contribution in [0.5, 0.6) is 0 Å². The van der Waals surface area contributed by atoms with Gasteiger partial charge in [-0.1, -0.05) is 24.8 Å². The van der Waals surface area contributed by atoms with Crippen molar-refractivity contribution in [3.8, 4) is 0 Å². The van der Waals surface area contributed by atoms with Crippen LogP contribution >= 0.6 is 0 Å². The van der Waals surface area contributed by atoms with E-state index in [-0.39, 0.29) is 56.2 Å². The molecule has 0 aliphatic carbocycles. The van der Waals surface area contributed by atoms with Crippen molar-refractivity contribution in [2.45, 2.75) is 25.4 Å². The van der Waals surface area contributed by atoms with E-state index < -0.39 is 18.0 Å². The van der Waals surface area contributed by atoms with Gasteiger partial charge in [0.15, 0.2) is 6.10 Å². The minimum atomic E-state index is -1.05. The summed E-state index contributed by atoms with van der Waals surface area (Å²) in [7, 11) is 0. The fourth-order valence-electron chi connectivity index (χ4n) is 3.13. The third-order valence-electron chi connectivity index (χ3n) is 4.47. The lowest BCUT2D eigenvalue weighted by Crippen LogP contribution is -2.33. The highest BCUT2D eigenvalue weighted by Gasteiger charge is 2.35. The molecule has 0 saturated carbocycles. The Hall–Kier alpha value is -2.94. The number of aliphatic hydroxyl groups is 3. The predicted octanol–water partition coefficient (Wildman–Crippen LogP) is 0.939. The molecule has 0 bridgehead atoms. The van der Waals surface area contributed by atoms with Crippen LogP contribution in [0.1, 0.15) is 29.6 Å². The summed E-state index contributed by atoms with van der Waals surface area (Å²) in [6.07, 6.45) is -0.705. The molecule has 1 heterocycles. The van der Waals surface area contributed by atoms with Gasteiger partial charge in [-0.15, -0.1) is 0 Å². The largest absolute Gasteiger partial charge is 0.452 e. The van der Waals surface area contributed by atoms with Crippen LogP contribution in [0.2, 0.25) is 0 Å². The molecule has 1 aromatic carbocycles. The molecule has 8 heteroatoms. The lowest BCUT2D eigenvalue weighted by Gasteiger charge is -2.32. The van der Waals surface area contributed by atoms with Gasteiger partial charge in [0.1, 0.15) is 0 Å². The van der Waals surface area contributed by atoms with Gasteiger partial charge in [0.25, 0.3) is 5.95 Å². The number of nitrogens with two attached hydrogens (primary N) is 1. The summed E-state index contributed by atoms with van der Waals surface area (Å²) in [5, 5.41) is 28.5. The van der Waals surface area contributed by atoms with E-state index in [9.17, 15) is 24.9 Å². The number of rotatable bonds is 10. The summed E-state index contributed by atoms with van der Waals surface area (Å²) >= 11 is 0. The smallest absolute Gasteiger partial charge is 0.345 e. The fourth-order valence-corrected chi connectivity index (χ4v) is 3.13. The number of hydrogen-bond acceptors (Lipinski definition) is 7. The van der Waals surface area contributed by atoms with Crippen LogP contribution in [-0.2, 0) is 14.3 Å². The van der Waals surface area contributed by atoms with E-state index in [1.165, 1.54) is 0 Å². The Kier molecular flexibility index (Phi) is 8.14. The quantitative estimate of drug-likeness (QED) is 0.337. The van der Waals surface area contributed by atoms with E-state index in [1.54, 1.807) is 30.3 Å². The maximum Gasteiger partial charge on any atom is 0.345 e. The number of aliphatic hydroxyl groups excluding tert-OH is 3. The maximum absolute atomic E-state index is 12.5. The summed E-state index contributed by atoms with van der Waals surface area (Å²) in [6.45, 7) is 2.90. The molecule has 0 fully saturated rings. The number of carbonyl (C=O) groups excluding carboxylic acids is 2. The van der Waals surface area contributed by atoms with Gasteiger partial charge in [0, 0.05) is 31.8 Å². The molecule has 0 aromatic heterocycles. The Morgan fingerprint density at radius 1 is 1.00 bits per heavy atom. The lowest BCUT2D eigenvalue weighted by atomic mass is 9.86. The Labute approximate surface area is 168 Å². The topological polar surface area (TPSA) is 139 Å². The minimum absolute atomic E-state index is 0.0808. The van der Waals surface area contributed by atoms with Gasteiger partial charge in [-0.3, -0.25) is 4.79 Å². The van der Waals surface area contributed by atoms with Crippen LogP contribution < -0.4 is 5.73 Å². The number of carbonyl (C=O) groups is 2.